The first kappa shape index (κ1) is 15.1. The monoisotopic (exact) mass is 287 g/mol. The minimum atomic E-state index is -5.25. The zero-order valence-corrected chi connectivity index (χ0v) is 9.28. The van der Waals surface area contributed by atoms with Crippen LogP contribution in [0, 0.1) is 0 Å². The normalized spacial score (nSPS) is 12.4. The van der Waals surface area contributed by atoms with Crippen molar-refractivity contribution < 1.29 is 36.2 Å². The van der Waals surface area contributed by atoms with E-state index >= 15 is 0 Å². The summed E-state index contributed by atoms with van der Waals surface area (Å²) in [5.74, 6) is -2.52. The van der Waals surface area contributed by atoms with Crippen LogP contribution in [0.1, 0.15) is 18.1 Å². The van der Waals surface area contributed by atoms with Crippen molar-refractivity contribution in [3.05, 3.63) is 23.3 Å². The van der Waals surface area contributed by atoms with Crippen LogP contribution in [0.25, 0.3) is 0 Å². The molecule has 1 rings (SSSR count). The Hall–Kier alpha value is -1.93. The van der Waals surface area contributed by atoms with Gasteiger partial charge in [0.05, 0.1) is 11.3 Å². The highest BCUT2D eigenvalue weighted by Gasteiger charge is 2.43. The van der Waals surface area contributed by atoms with Gasteiger partial charge in [-0.15, -0.1) is 0 Å². The van der Waals surface area contributed by atoms with Crippen molar-refractivity contribution in [2.75, 3.05) is 5.32 Å². The molecule has 106 valence electrons. The highest BCUT2D eigenvalue weighted by atomic mass is 19.4. The summed E-state index contributed by atoms with van der Waals surface area (Å²) in [5.41, 5.74) is -5.13. The van der Waals surface area contributed by atoms with Crippen LogP contribution in [0.3, 0.4) is 0 Å². The standard InChI is InChI=1S/C10H7F6NO2/c1-4(18)17-8-5(9(11,12)13)2-3-6(19)7(8)10(14,15)16/h2-3,19H,1H3,(H,17,18). The Balaban J connectivity index is 3.65. The number of phenols is 1. The summed E-state index contributed by atoms with van der Waals surface area (Å²) >= 11 is 0. The molecule has 0 aliphatic heterocycles. The number of amides is 1. The van der Waals surface area contributed by atoms with Crippen molar-refractivity contribution in [3.63, 3.8) is 0 Å². The Morgan fingerprint density at radius 1 is 1.11 bits per heavy atom. The average molecular weight is 287 g/mol. The Bertz CT molecular complexity index is 506. The van der Waals surface area contributed by atoms with Gasteiger partial charge < -0.3 is 10.4 Å². The number of phenolic OH excluding ortho intramolecular Hbond substituents is 1. The molecule has 1 amide bonds. The molecular weight excluding hydrogens is 280 g/mol. The lowest BCUT2D eigenvalue weighted by molar-refractivity contribution is -0.142. The topological polar surface area (TPSA) is 49.3 Å². The lowest BCUT2D eigenvalue weighted by Gasteiger charge is -2.19. The number of hydrogen-bond acceptors (Lipinski definition) is 2. The first-order valence-corrected chi connectivity index (χ1v) is 4.72. The molecule has 0 aliphatic rings. The summed E-state index contributed by atoms with van der Waals surface area (Å²) in [6, 6.07) is 0.535. The van der Waals surface area contributed by atoms with E-state index in [1.54, 1.807) is 0 Å². The summed E-state index contributed by atoms with van der Waals surface area (Å²) in [5, 5.41) is 10.5. The second-order valence-electron chi connectivity index (χ2n) is 3.56. The summed E-state index contributed by atoms with van der Waals surface area (Å²) in [6.45, 7) is 0.754. The van der Waals surface area contributed by atoms with Gasteiger partial charge in [-0.05, 0) is 12.1 Å². The third kappa shape index (κ3) is 3.30. The summed E-state index contributed by atoms with van der Waals surface area (Å²) in [4.78, 5) is 10.8. The molecule has 0 atom stereocenters. The second kappa shape index (κ2) is 4.63. The van der Waals surface area contributed by atoms with Crippen LogP contribution >= 0.6 is 0 Å². The summed E-state index contributed by atoms with van der Waals surface area (Å²) in [6.07, 6.45) is -10.4. The number of benzene rings is 1. The summed E-state index contributed by atoms with van der Waals surface area (Å²) < 4.78 is 75.7. The molecule has 0 aliphatic carbocycles. The van der Waals surface area contributed by atoms with Crippen LogP contribution in [0.4, 0.5) is 32.0 Å². The number of halogens is 6. The van der Waals surface area contributed by atoms with Gasteiger partial charge >= 0.3 is 12.4 Å². The predicted octanol–water partition coefficient (Wildman–Crippen LogP) is 3.39. The van der Waals surface area contributed by atoms with Crippen molar-refractivity contribution in [2.24, 2.45) is 0 Å². The van der Waals surface area contributed by atoms with Crippen molar-refractivity contribution in [1.29, 1.82) is 0 Å². The molecule has 19 heavy (non-hydrogen) atoms. The molecule has 0 fully saturated rings. The van der Waals surface area contributed by atoms with E-state index in [9.17, 15) is 31.1 Å². The van der Waals surface area contributed by atoms with E-state index in [1.165, 1.54) is 5.32 Å². The van der Waals surface area contributed by atoms with E-state index in [0.29, 0.717) is 0 Å². The number of nitrogens with one attached hydrogen (secondary N) is 1. The van der Waals surface area contributed by atoms with Crippen molar-refractivity contribution in [3.8, 4) is 5.75 Å². The SMILES string of the molecule is CC(=O)Nc1c(C(F)(F)F)ccc(O)c1C(F)(F)F. The Kier molecular flexibility index (Phi) is 3.69. The molecule has 0 aromatic heterocycles. The van der Waals surface area contributed by atoms with E-state index in [4.69, 9.17) is 5.11 Å². The van der Waals surface area contributed by atoms with Crippen molar-refractivity contribution in [2.45, 2.75) is 19.3 Å². The minimum absolute atomic E-state index is 0.260. The van der Waals surface area contributed by atoms with Crippen LogP contribution in [-0.4, -0.2) is 11.0 Å². The van der Waals surface area contributed by atoms with Crippen LogP contribution in [0.15, 0.2) is 12.1 Å². The van der Waals surface area contributed by atoms with Gasteiger partial charge in [0.25, 0.3) is 0 Å². The number of hydrogen-bond donors (Lipinski definition) is 2. The van der Waals surface area contributed by atoms with Crippen LogP contribution < -0.4 is 5.32 Å². The number of anilines is 1. The summed E-state index contributed by atoms with van der Waals surface area (Å²) in [7, 11) is 0. The zero-order valence-electron chi connectivity index (χ0n) is 9.28. The third-order valence-electron chi connectivity index (χ3n) is 2.07. The largest absolute Gasteiger partial charge is 0.507 e. The van der Waals surface area contributed by atoms with E-state index in [1.807, 2.05) is 0 Å². The molecule has 0 unspecified atom stereocenters. The number of aromatic hydroxyl groups is 1. The van der Waals surface area contributed by atoms with Gasteiger partial charge in [0, 0.05) is 6.92 Å². The van der Waals surface area contributed by atoms with Crippen LogP contribution in [0.2, 0.25) is 0 Å². The fraction of sp³-hybridized carbons (Fsp3) is 0.300. The molecule has 2 N–H and O–H groups in total. The van der Waals surface area contributed by atoms with Gasteiger partial charge in [-0.25, -0.2) is 0 Å². The fourth-order valence-corrected chi connectivity index (χ4v) is 1.42. The van der Waals surface area contributed by atoms with Gasteiger partial charge in [0.15, 0.2) is 0 Å². The molecule has 0 bridgehead atoms. The van der Waals surface area contributed by atoms with Gasteiger partial charge in [-0.1, -0.05) is 0 Å². The average Bonchev–Trinajstić information content (AvgIpc) is 2.11. The van der Waals surface area contributed by atoms with Gasteiger partial charge in [-0.2, -0.15) is 26.3 Å². The first-order valence-electron chi connectivity index (χ1n) is 4.72. The molecule has 0 saturated heterocycles. The molecule has 1 aromatic rings. The molecule has 1 aromatic carbocycles. The number of carbonyl (C=O) groups is 1. The van der Waals surface area contributed by atoms with E-state index in [-0.39, 0.29) is 12.1 Å². The maximum atomic E-state index is 12.6. The first-order chi connectivity index (χ1) is 8.44. The maximum Gasteiger partial charge on any atom is 0.421 e. The zero-order chi connectivity index (χ0) is 15.0. The predicted molar refractivity (Wildman–Crippen MR) is 52.4 cm³/mol. The molecule has 0 spiro atoms. The third-order valence-corrected chi connectivity index (χ3v) is 2.07. The van der Waals surface area contributed by atoms with Crippen LogP contribution in [0.5, 0.6) is 5.75 Å². The molecule has 0 heterocycles. The lowest BCUT2D eigenvalue weighted by atomic mass is 10.0. The van der Waals surface area contributed by atoms with E-state index in [2.05, 4.69) is 0 Å². The highest BCUT2D eigenvalue weighted by Crippen LogP contribution is 2.46. The number of carbonyl (C=O) groups excluding carboxylic acids is 1. The van der Waals surface area contributed by atoms with Gasteiger partial charge in [0.2, 0.25) is 5.91 Å². The van der Waals surface area contributed by atoms with Gasteiger partial charge in [-0.3, -0.25) is 4.79 Å². The fourth-order valence-electron chi connectivity index (χ4n) is 1.42. The maximum absolute atomic E-state index is 12.6. The molecular formula is C10H7F6NO2. The van der Waals surface area contributed by atoms with E-state index in [0.717, 1.165) is 6.92 Å². The smallest absolute Gasteiger partial charge is 0.421 e. The molecule has 0 radical (unpaired) electrons. The highest BCUT2D eigenvalue weighted by molar-refractivity contribution is 5.91. The van der Waals surface area contributed by atoms with Crippen molar-refractivity contribution in [1.82, 2.24) is 0 Å². The molecule has 3 nitrogen and oxygen atoms in total. The Morgan fingerprint density at radius 3 is 2.00 bits per heavy atom. The Labute approximate surface area is 102 Å². The molecule has 0 saturated carbocycles. The van der Waals surface area contributed by atoms with Gasteiger partial charge in [0.1, 0.15) is 11.3 Å². The number of alkyl halides is 6. The number of rotatable bonds is 1. The molecule has 9 heteroatoms. The second-order valence-corrected chi connectivity index (χ2v) is 3.56. The lowest BCUT2D eigenvalue weighted by Crippen LogP contribution is -2.19. The van der Waals surface area contributed by atoms with Crippen molar-refractivity contribution >= 4 is 11.6 Å². The minimum Gasteiger partial charge on any atom is -0.507 e. The van der Waals surface area contributed by atoms with E-state index < -0.39 is 40.8 Å². The Morgan fingerprint density at radius 2 is 1.63 bits per heavy atom. The van der Waals surface area contributed by atoms with Crippen LogP contribution in [-0.2, 0) is 17.1 Å². The quantitative estimate of drug-likeness (QED) is 0.778.